The van der Waals surface area contributed by atoms with Crippen LogP contribution in [0, 0.1) is 0 Å². The number of aliphatic hydroxyl groups is 22. The fraction of sp³-hybridized carbons (Fsp3) is 0.944. The maximum atomic E-state index is 13.2. The highest BCUT2D eigenvalue weighted by molar-refractivity contribution is 5.74. The van der Waals surface area contributed by atoms with Gasteiger partial charge in [0.05, 0.1) is 52.4 Å². The van der Waals surface area contributed by atoms with Crippen molar-refractivity contribution in [3.8, 4) is 0 Å². The molecule has 0 saturated carbocycles. The third-order valence-electron chi connectivity index (χ3n) is 17.8. The lowest BCUT2D eigenvalue weighted by Gasteiger charge is -2.51. The molecule has 562 valence electrons. The molecule has 0 aromatic rings. The van der Waals surface area contributed by atoms with Crippen molar-refractivity contribution in [1.82, 2.24) is 16.0 Å². The highest BCUT2D eigenvalue weighted by Crippen LogP contribution is 2.39. The zero-order chi connectivity index (χ0) is 71.5. The van der Waals surface area contributed by atoms with Gasteiger partial charge in [-0.1, -0.05) is 0 Å². The van der Waals surface area contributed by atoms with Crippen LogP contribution in [0.25, 0.3) is 0 Å². The van der Waals surface area contributed by atoms with Gasteiger partial charge < -0.3 is 199 Å². The van der Waals surface area contributed by atoms with E-state index in [-0.39, 0.29) is 0 Å². The molecule has 40 atom stereocenters. The van der Waals surface area contributed by atoms with Crippen molar-refractivity contribution in [2.45, 2.75) is 273 Å². The summed E-state index contributed by atoms with van der Waals surface area (Å²) in [6, 6.07) is -5.61. The molecule has 8 heterocycles. The number of carbonyl (C=O) groups excluding carboxylic acids is 3. The second-order valence-electron chi connectivity index (χ2n) is 24.6. The van der Waals surface area contributed by atoms with Crippen LogP contribution in [0.3, 0.4) is 0 Å². The van der Waals surface area contributed by atoms with Crippen LogP contribution in [0.4, 0.5) is 0 Å². The van der Waals surface area contributed by atoms with E-state index in [0.717, 1.165) is 20.8 Å². The summed E-state index contributed by atoms with van der Waals surface area (Å²) < 4.78 is 88.0. The largest absolute Gasteiger partial charge is 0.394 e. The molecule has 8 rings (SSSR count). The van der Waals surface area contributed by atoms with Gasteiger partial charge in [0.2, 0.25) is 17.7 Å². The number of amides is 3. The van der Waals surface area contributed by atoms with Crippen molar-refractivity contribution in [3.05, 3.63) is 0 Å². The minimum absolute atomic E-state index is 0.806. The van der Waals surface area contributed by atoms with Crippen molar-refractivity contribution in [3.63, 3.8) is 0 Å². The number of carbonyl (C=O) groups is 3. The van der Waals surface area contributed by atoms with Crippen LogP contribution in [0.15, 0.2) is 0 Å². The van der Waals surface area contributed by atoms with Crippen LogP contribution < -0.4 is 16.0 Å². The Balaban J connectivity index is 1.14. The molecular formula is C54H91N3O40. The van der Waals surface area contributed by atoms with E-state index in [0.29, 0.717) is 0 Å². The first-order valence-corrected chi connectivity index (χ1v) is 31.0. The van der Waals surface area contributed by atoms with Gasteiger partial charge in [-0.25, -0.2) is 0 Å². The van der Waals surface area contributed by atoms with E-state index in [1.165, 1.54) is 6.92 Å². The fourth-order valence-corrected chi connectivity index (χ4v) is 12.5. The number of rotatable bonds is 24. The highest BCUT2D eigenvalue weighted by Gasteiger charge is 2.60. The van der Waals surface area contributed by atoms with Crippen LogP contribution in [0.2, 0.25) is 0 Å². The Morgan fingerprint density at radius 1 is 0.289 bits per heavy atom. The fourth-order valence-electron chi connectivity index (χ4n) is 12.5. The molecule has 8 fully saturated rings. The summed E-state index contributed by atoms with van der Waals surface area (Å²) in [7, 11) is 0. The van der Waals surface area contributed by atoms with Crippen molar-refractivity contribution >= 4 is 17.7 Å². The van der Waals surface area contributed by atoms with E-state index in [1.54, 1.807) is 0 Å². The number of hydrogen-bond acceptors (Lipinski definition) is 40. The third kappa shape index (κ3) is 17.4. The Labute approximate surface area is 549 Å². The summed E-state index contributed by atoms with van der Waals surface area (Å²) in [5.41, 5.74) is 0. The number of aliphatic hydroxyl groups excluding tert-OH is 22. The minimum Gasteiger partial charge on any atom is -0.394 e. The van der Waals surface area contributed by atoms with Crippen molar-refractivity contribution in [2.24, 2.45) is 0 Å². The summed E-state index contributed by atoms with van der Waals surface area (Å²) in [5, 5.41) is 249. The van der Waals surface area contributed by atoms with E-state index in [9.17, 15) is 127 Å². The van der Waals surface area contributed by atoms with Crippen LogP contribution in [-0.4, -0.2) is 422 Å². The van der Waals surface area contributed by atoms with Crippen LogP contribution in [0.5, 0.6) is 0 Å². The van der Waals surface area contributed by atoms with E-state index < -0.39 is 309 Å². The summed E-state index contributed by atoms with van der Waals surface area (Å²) >= 11 is 0. The van der Waals surface area contributed by atoms with Crippen molar-refractivity contribution in [2.75, 3.05) is 46.2 Å². The van der Waals surface area contributed by atoms with Gasteiger partial charge in [-0.15, -0.1) is 0 Å². The highest BCUT2D eigenvalue weighted by atomic mass is 16.8. The van der Waals surface area contributed by atoms with E-state index in [1.807, 2.05) is 0 Å². The second-order valence-corrected chi connectivity index (χ2v) is 24.6. The Morgan fingerprint density at radius 3 is 1.10 bits per heavy atom. The summed E-state index contributed by atoms with van der Waals surface area (Å²) in [6.45, 7) is -3.16. The standard InChI is InChI=1S/C54H91N3O40/c1-12-26(67)34(75)38(79)51(84-12)97-46-35(76)28(69)17(6-59)90-54(46)94-43-25(57-15(4)66)50(88-19(8-61)30(43)71)96-45-32(73)22(11-83-48-23(55-13(2)64)33(74)27(68)16(5-58)86-48)91-53(40(45)81)93-42-24(56-14(3)65)49(87-18(7-60)29(42)70)95-44-31(72)20(9-62)89-52(39(44)80)92-41-21(10-63)85-47(82)37(78)36(41)77/h12,16-54,58-63,67-82H,5-11H2,1-4H3,(H,55,64)(H,56,65)(H,57,66)/t12-,16+,17+,18+,19+,20+,21+,22+,23+,24+,25+,26+,27+,28-,29+,30+,31-,32-,33+,34+,35-,36+,37+,38-,39+,40+,41+,42+,43+,44-,45-,46+,47+,48+,49-,50-,51-,52-,53-,54-/m0/s1. The molecular weight excluding hydrogens is 1330 g/mol. The SMILES string of the molecule is CC(=O)N[C@H]1[C@H](OC[C@H]2O[C@@H](O[C@H]3[C@H](O)[C@@H](CO)O[C@@H](O[C@H]4[C@@H](O)[C@@H](CO)O[C@@H](O[C@H]5[C@H](O)[C@@H](O)[C@H](O)O[C@@H]5CO)[C@@H]4O)[C@@H]3NC(C)=O)[C@H](O)[C@@H](O[C@@H]3O[C@H](CO)[C@@H](O)[C@H](O[C@@H]4O[C@H](CO)[C@H](O)[C@H](O)[C@H]4O[C@@H]4O[C@@H](C)[C@@H](O)[C@@H](O)[C@@H]4O)[C@H]3NC(C)=O)[C@H]2O)O[C@H](CO)[C@@H](O)[C@@H]1O. The molecule has 8 aliphatic heterocycles. The zero-order valence-electron chi connectivity index (χ0n) is 52.2. The molecule has 0 aromatic carbocycles. The third-order valence-corrected chi connectivity index (χ3v) is 17.8. The van der Waals surface area contributed by atoms with Crippen molar-refractivity contribution < 1.29 is 198 Å². The van der Waals surface area contributed by atoms with Crippen LogP contribution in [-0.2, 0) is 85.4 Å². The van der Waals surface area contributed by atoms with Gasteiger partial charge in [0, 0.05) is 20.8 Å². The zero-order valence-corrected chi connectivity index (χ0v) is 52.2. The van der Waals surface area contributed by atoms with Gasteiger partial charge in [0.15, 0.2) is 50.3 Å². The lowest BCUT2D eigenvalue weighted by atomic mass is 9.93. The first-order chi connectivity index (χ1) is 45.8. The quantitative estimate of drug-likeness (QED) is 0.0427. The second kappa shape index (κ2) is 34.5. The minimum atomic E-state index is -2.50. The van der Waals surface area contributed by atoms with Gasteiger partial charge in [-0.05, 0) is 6.92 Å². The van der Waals surface area contributed by atoms with Gasteiger partial charge >= 0.3 is 0 Å². The maximum absolute atomic E-state index is 13.2. The Morgan fingerprint density at radius 2 is 0.629 bits per heavy atom. The summed E-state index contributed by atoms with van der Waals surface area (Å²) in [5.74, 6) is -2.76. The molecule has 0 radical (unpaired) electrons. The summed E-state index contributed by atoms with van der Waals surface area (Å²) in [4.78, 5) is 38.8. The maximum Gasteiger partial charge on any atom is 0.217 e. The molecule has 0 unspecified atom stereocenters. The monoisotopic (exact) mass is 1420 g/mol. The predicted molar refractivity (Wildman–Crippen MR) is 298 cm³/mol. The number of ether oxygens (including phenoxy) is 15. The Kier molecular flexibility index (Phi) is 28.3. The topological polar surface area (TPSA) is 671 Å². The molecule has 0 bridgehead atoms. The normalized spacial score (nSPS) is 49.9. The van der Waals surface area contributed by atoms with Crippen LogP contribution >= 0.6 is 0 Å². The van der Waals surface area contributed by atoms with Gasteiger partial charge in [0.1, 0.15) is 189 Å². The lowest BCUT2D eigenvalue weighted by molar-refractivity contribution is -0.392. The van der Waals surface area contributed by atoms with Gasteiger partial charge in [0.25, 0.3) is 0 Å². The number of nitrogens with one attached hydrogen (secondary N) is 3. The molecule has 97 heavy (non-hydrogen) atoms. The average Bonchev–Trinajstić information content (AvgIpc) is 0.770. The van der Waals surface area contributed by atoms with Gasteiger partial charge in [-0.3, -0.25) is 14.4 Å². The lowest BCUT2D eigenvalue weighted by Crippen LogP contribution is -2.71. The van der Waals surface area contributed by atoms with Crippen molar-refractivity contribution in [1.29, 1.82) is 0 Å². The Hall–Kier alpha value is -3.07. The van der Waals surface area contributed by atoms with E-state index in [2.05, 4.69) is 16.0 Å². The van der Waals surface area contributed by atoms with Gasteiger partial charge in [-0.2, -0.15) is 0 Å². The summed E-state index contributed by atoms with van der Waals surface area (Å²) in [6.07, 6.45) is -74.3. The Bertz CT molecular complexity index is 2490. The smallest absolute Gasteiger partial charge is 0.217 e. The molecule has 0 aromatic heterocycles. The number of hydrogen-bond donors (Lipinski definition) is 25. The molecule has 0 aliphatic carbocycles. The average molecular weight is 1420 g/mol. The molecule has 43 heteroatoms. The van der Waals surface area contributed by atoms with E-state index >= 15 is 0 Å². The molecule has 43 nitrogen and oxygen atoms in total. The van der Waals surface area contributed by atoms with E-state index in [4.69, 9.17) is 71.1 Å². The molecule has 0 spiro atoms. The first kappa shape index (κ1) is 79.6. The molecule has 25 N–H and O–H groups in total. The molecule has 8 saturated heterocycles. The first-order valence-electron chi connectivity index (χ1n) is 31.0. The molecule has 8 aliphatic rings. The van der Waals surface area contributed by atoms with Crippen LogP contribution in [0.1, 0.15) is 27.7 Å². The molecule has 3 amide bonds. The predicted octanol–water partition coefficient (Wildman–Crippen LogP) is -17.0.